The number of benzene rings is 1. The molecule has 0 saturated heterocycles. The van der Waals surface area contributed by atoms with Crippen LogP contribution >= 0.6 is 0 Å². The number of hydrogen-bond acceptors (Lipinski definition) is 3. The number of aromatic nitrogens is 2. The van der Waals surface area contributed by atoms with E-state index >= 15 is 0 Å². The molecular formula is C10H7N2O. The zero-order valence-corrected chi connectivity index (χ0v) is 6.84. The largest absolute Gasteiger partial charge is 0.437 e. The molecule has 3 nitrogen and oxygen atoms in total. The topological polar surface area (TPSA) is 35.0 Å². The fourth-order valence-corrected chi connectivity index (χ4v) is 0.891. The smallest absolute Gasteiger partial charge is 0.237 e. The van der Waals surface area contributed by atoms with Gasteiger partial charge in [-0.05, 0) is 6.07 Å². The minimum atomic E-state index is 0.477. The molecule has 13 heavy (non-hydrogen) atoms. The van der Waals surface area contributed by atoms with Crippen LogP contribution in [0.3, 0.4) is 0 Å². The van der Waals surface area contributed by atoms with Gasteiger partial charge in [0.25, 0.3) is 0 Å². The van der Waals surface area contributed by atoms with Gasteiger partial charge in [0.05, 0.1) is 6.20 Å². The summed E-state index contributed by atoms with van der Waals surface area (Å²) in [6.45, 7) is 0. The van der Waals surface area contributed by atoms with Crippen LogP contribution in [-0.2, 0) is 0 Å². The van der Waals surface area contributed by atoms with Crippen LogP contribution in [0.15, 0.2) is 42.9 Å². The monoisotopic (exact) mass is 171 g/mol. The quantitative estimate of drug-likeness (QED) is 0.693. The molecule has 2 rings (SSSR count). The SMILES string of the molecule is [c]1ccccc1Oc1cnccn1. The second-order valence-corrected chi connectivity index (χ2v) is 2.37. The number of para-hydroxylation sites is 1. The highest BCUT2D eigenvalue weighted by Crippen LogP contribution is 2.15. The first-order valence-electron chi connectivity index (χ1n) is 3.86. The van der Waals surface area contributed by atoms with Crippen molar-refractivity contribution in [3.8, 4) is 11.6 Å². The van der Waals surface area contributed by atoms with Gasteiger partial charge in [-0.3, -0.25) is 4.98 Å². The van der Waals surface area contributed by atoms with Crippen LogP contribution in [0.25, 0.3) is 0 Å². The number of rotatable bonds is 2. The first-order valence-corrected chi connectivity index (χ1v) is 3.86. The highest BCUT2D eigenvalue weighted by molar-refractivity contribution is 5.23. The van der Waals surface area contributed by atoms with Crippen LogP contribution < -0.4 is 4.74 Å². The summed E-state index contributed by atoms with van der Waals surface area (Å²) in [7, 11) is 0. The molecular weight excluding hydrogens is 164 g/mol. The van der Waals surface area contributed by atoms with Crippen molar-refractivity contribution in [1.29, 1.82) is 0 Å². The number of ether oxygens (including phenoxy) is 1. The Morgan fingerprint density at radius 3 is 2.92 bits per heavy atom. The summed E-state index contributed by atoms with van der Waals surface area (Å²) >= 11 is 0. The normalized spacial score (nSPS) is 9.54. The predicted octanol–water partition coefficient (Wildman–Crippen LogP) is 2.07. The lowest BCUT2D eigenvalue weighted by molar-refractivity contribution is 0.459. The maximum Gasteiger partial charge on any atom is 0.237 e. The minimum Gasteiger partial charge on any atom is -0.437 e. The zero-order chi connectivity index (χ0) is 8.93. The van der Waals surface area contributed by atoms with Gasteiger partial charge in [-0.1, -0.05) is 18.2 Å². The van der Waals surface area contributed by atoms with Crippen molar-refractivity contribution >= 4 is 0 Å². The zero-order valence-electron chi connectivity index (χ0n) is 6.84. The van der Waals surface area contributed by atoms with E-state index in [1.165, 1.54) is 0 Å². The molecule has 0 spiro atoms. The molecule has 1 radical (unpaired) electrons. The van der Waals surface area contributed by atoms with Gasteiger partial charge in [-0.2, -0.15) is 0 Å². The van der Waals surface area contributed by atoms with E-state index in [4.69, 9.17) is 4.74 Å². The fourth-order valence-electron chi connectivity index (χ4n) is 0.891. The fraction of sp³-hybridized carbons (Fsp3) is 0. The summed E-state index contributed by atoms with van der Waals surface area (Å²) in [5.74, 6) is 1.12. The van der Waals surface area contributed by atoms with E-state index in [2.05, 4.69) is 16.0 Å². The van der Waals surface area contributed by atoms with Crippen LogP contribution in [0.1, 0.15) is 0 Å². The summed E-state index contributed by atoms with van der Waals surface area (Å²) in [5.41, 5.74) is 0. The van der Waals surface area contributed by atoms with E-state index in [0.29, 0.717) is 11.6 Å². The van der Waals surface area contributed by atoms with Crippen molar-refractivity contribution in [3.63, 3.8) is 0 Å². The highest BCUT2D eigenvalue weighted by Gasteiger charge is 1.95. The van der Waals surface area contributed by atoms with Crippen molar-refractivity contribution in [2.45, 2.75) is 0 Å². The molecule has 0 amide bonds. The second kappa shape index (κ2) is 3.67. The van der Waals surface area contributed by atoms with E-state index in [0.717, 1.165) is 0 Å². The molecule has 0 aliphatic rings. The second-order valence-electron chi connectivity index (χ2n) is 2.37. The lowest BCUT2D eigenvalue weighted by Crippen LogP contribution is -1.87. The molecule has 0 atom stereocenters. The Morgan fingerprint density at radius 1 is 1.23 bits per heavy atom. The minimum absolute atomic E-state index is 0.477. The van der Waals surface area contributed by atoms with Gasteiger partial charge in [0.1, 0.15) is 5.75 Å². The average Bonchev–Trinajstić information content (AvgIpc) is 2.21. The molecule has 0 aliphatic heterocycles. The van der Waals surface area contributed by atoms with Crippen molar-refractivity contribution in [3.05, 3.63) is 48.9 Å². The van der Waals surface area contributed by atoms with Gasteiger partial charge >= 0.3 is 0 Å². The molecule has 1 aromatic heterocycles. The highest BCUT2D eigenvalue weighted by atomic mass is 16.5. The Morgan fingerprint density at radius 2 is 2.23 bits per heavy atom. The van der Waals surface area contributed by atoms with Gasteiger partial charge in [0.2, 0.25) is 5.88 Å². The van der Waals surface area contributed by atoms with Gasteiger partial charge in [-0.25, -0.2) is 4.98 Å². The first kappa shape index (κ1) is 7.73. The van der Waals surface area contributed by atoms with Gasteiger partial charge < -0.3 is 4.74 Å². The van der Waals surface area contributed by atoms with E-state index in [-0.39, 0.29) is 0 Å². The van der Waals surface area contributed by atoms with Crippen LogP contribution in [0.4, 0.5) is 0 Å². The summed E-state index contributed by atoms with van der Waals surface area (Å²) in [5, 5.41) is 0. The van der Waals surface area contributed by atoms with Crippen molar-refractivity contribution < 1.29 is 4.74 Å². The Balaban J connectivity index is 2.16. The van der Waals surface area contributed by atoms with Crippen LogP contribution in [0.5, 0.6) is 11.6 Å². The lowest BCUT2D eigenvalue weighted by atomic mass is 10.3. The van der Waals surface area contributed by atoms with Crippen molar-refractivity contribution in [2.75, 3.05) is 0 Å². The summed E-state index contributed by atoms with van der Waals surface area (Å²) in [4.78, 5) is 7.85. The van der Waals surface area contributed by atoms with E-state index < -0.39 is 0 Å². The molecule has 2 aromatic rings. The molecule has 0 unspecified atom stereocenters. The van der Waals surface area contributed by atoms with E-state index in [9.17, 15) is 0 Å². The third-order valence-electron chi connectivity index (χ3n) is 1.43. The Hall–Kier alpha value is -1.90. The maximum atomic E-state index is 5.35. The summed E-state index contributed by atoms with van der Waals surface area (Å²) < 4.78 is 5.35. The molecule has 63 valence electrons. The lowest BCUT2D eigenvalue weighted by Gasteiger charge is -2.01. The van der Waals surface area contributed by atoms with E-state index in [1.54, 1.807) is 24.7 Å². The molecule has 3 heteroatoms. The Bertz CT molecular complexity index is 324. The molecule has 0 bridgehead atoms. The van der Waals surface area contributed by atoms with Crippen LogP contribution in [-0.4, -0.2) is 9.97 Å². The third-order valence-corrected chi connectivity index (χ3v) is 1.43. The standard InChI is InChI=1S/C10H7N2O/c1-2-4-9(5-3-1)13-10-8-11-6-7-12-10/h1-4,6-8H. The predicted molar refractivity (Wildman–Crippen MR) is 47.4 cm³/mol. The van der Waals surface area contributed by atoms with Crippen molar-refractivity contribution in [1.82, 2.24) is 9.97 Å². The van der Waals surface area contributed by atoms with Gasteiger partial charge in [-0.15, -0.1) is 0 Å². The molecule has 0 aliphatic carbocycles. The Labute approximate surface area is 76.0 Å². The molecule has 0 saturated carbocycles. The number of hydrogen-bond donors (Lipinski definition) is 0. The van der Waals surface area contributed by atoms with E-state index in [1.807, 2.05) is 18.2 Å². The third kappa shape index (κ3) is 2.02. The van der Waals surface area contributed by atoms with Crippen LogP contribution in [0, 0.1) is 6.07 Å². The maximum absolute atomic E-state index is 5.35. The summed E-state index contributed by atoms with van der Waals surface area (Å²) in [6.07, 6.45) is 4.74. The molecule has 0 fully saturated rings. The molecule has 1 aromatic carbocycles. The number of nitrogens with zero attached hydrogens (tertiary/aromatic N) is 2. The Kier molecular flexibility index (Phi) is 2.18. The average molecular weight is 171 g/mol. The van der Waals surface area contributed by atoms with Gasteiger partial charge in [0.15, 0.2) is 0 Å². The molecule has 1 heterocycles. The van der Waals surface area contributed by atoms with Crippen LogP contribution in [0.2, 0.25) is 0 Å². The van der Waals surface area contributed by atoms with Crippen molar-refractivity contribution in [2.24, 2.45) is 0 Å². The molecule has 0 N–H and O–H groups in total. The van der Waals surface area contributed by atoms with Gasteiger partial charge in [0, 0.05) is 18.5 Å². The first-order chi connectivity index (χ1) is 6.45. The summed E-state index contributed by atoms with van der Waals surface area (Å²) in [6, 6.07) is 10.3.